The third kappa shape index (κ3) is 2.69. The van der Waals surface area contributed by atoms with Crippen molar-refractivity contribution in [3.05, 3.63) is 42.5 Å². The largest absolute Gasteiger partial charge is 0.391 e. The summed E-state index contributed by atoms with van der Waals surface area (Å²) in [6.07, 6.45) is 0.0996. The van der Waals surface area contributed by atoms with Gasteiger partial charge in [0.2, 0.25) is 10.0 Å². The van der Waals surface area contributed by atoms with E-state index in [1.54, 1.807) is 12.1 Å². The van der Waals surface area contributed by atoms with Gasteiger partial charge in [0.25, 0.3) is 0 Å². The lowest BCUT2D eigenvalue weighted by atomic mass is 9.98. The number of rotatable bonds is 2. The van der Waals surface area contributed by atoms with E-state index >= 15 is 0 Å². The van der Waals surface area contributed by atoms with Crippen molar-refractivity contribution in [2.24, 2.45) is 5.92 Å². The molecule has 2 atom stereocenters. The fraction of sp³-hybridized carbons (Fsp3) is 0.375. The SMILES string of the molecule is CC1CCN(S(=O)(=O)c2ccc3ccccc3c2)CC1O. The normalized spacial score (nSPS) is 24.3. The van der Waals surface area contributed by atoms with Gasteiger partial charge in [-0.2, -0.15) is 4.31 Å². The molecule has 0 bridgehead atoms. The number of β-amino-alcohol motifs (C(OH)–C–C–N with tert-alkyl or cyclic N) is 1. The molecule has 1 fully saturated rings. The molecule has 0 radical (unpaired) electrons. The van der Waals surface area contributed by atoms with Crippen LogP contribution in [0.5, 0.6) is 0 Å². The van der Waals surface area contributed by atoms with Crippen LogP contribution in [0, 0.1) is 5.92 Å². The van der Waals surface area contributed by atoms with Crippen molar-refractivity contribution in [3.8, 4) is 0 Å². The van der Waals surface area contributed by atoms with Gasteiger partial charge in [-0.1, -0.05) is 37.3 Å². The molecular weight excluding hydrogens is 286 g/mol. The van der Waals surface area contributed by atoms with E-state index in [9.17, 15) is 13.5 Å². The summed E-state index contributed by atoms with van der Waals surface area (Å²) in [6, 6.07) is 12.9. The van der Waals surface area contributed by atoms with Crippen molar-refractivity contribution >= 4 is 20.8 Å². The fourth-order valence-electron chi connectivity index (χ4n) is 2.72. The molecule has 112 valence electrons. The zero-order valence-corrected chi connectivity index (χ0v) is 12.8. The molecule has 1 aliphatic heterocycles. The first kappa shape index (κ1) is 14.5. The molecule has 2 unspecified atom stereocenters. The van der Waals surface area contributed by atoms with E-state index in [0.29, 0.717) is 17.9 Å². The molecule has 0 aromatic heterocycles. The van der Waals surface area contributed by atoms with Gasteiger partial charge in [0, 0.05) is 13.1 Å². The first-order chi connectivity index (χ1) is 9.98. The Morgan fingerprint density at radius 1 is 1.14 bits per heavy atom. The first-order valence-corrected chi connectivity index (χ1v) is 8.59. The van der Waals surface area contributed by atoms with Crippen LogP contribution in [0.4, 0.5) is 0 Å². The molecule has 1 aliphatic rings. The average Bonchev–Trinajstić information content (AvgIpc) is 2.49. The third-order valence-electron chi connectivity index (χ3n) is 4.24. The highest BCUT2D eigenvalue weighted by molar-refractivity contribution is 7.89. The number of benzene rings is 2. The van der Waals surface area contributed by atoms with Crippen LogP contribution in [0.15, 0.2) is 47.4 Å². The number of hydrogen-bond donors (Lipinski definition) is 1. The zero-order chi connectivity index (χ0) is 15.0. The Morgan fingerprint density at radius 3 is 2.57 bits per heavy atom. The molecule has 0 saturated carbocycles. The molecule has 1 saturated heterocycles. The van der Waals surface area contributed by atoms with E-state index in [0.717, 1.165) is 10.8 Å². The van der Waals surface area contributed by atoms with Gasteiger partial charge in [0.1, 0.15) is 0 Å². The second-order valence-electron chi connectivity index (χ2n) is 5.71. The van der Waals surface area contributed by atoms with Crippen molar-refractivity contribution in [2.75, 3.05) is 13.1 Å². The van der Waals surface area contributed by atoms with Gasteiger partial charge in [0.15, 0.2) is 0 Å². The number of aliphatic hydroxyl groups excluding tert-OH is 1. The van der Waals surface area contributed by atoms with Gasteiger partial charge in [-0.05, 0) is 35.2 Å². The van der Waals surface area contributed by atoms with Gasteiger partial charge in [-0.25, -0.2) is 8.42 Å². The Bertz CT molecular complexity index is 757. The molecule has 4 nitrogen and oxygen atoms in total. The summed E-state index contributed by atoms with van der Waals surface area (Å²) in [5, 5.41) is 11.8. The van der Waals surface area contributed by atoms with Gasteiger partial charge >= 0.3 is 0 Å². The summed E-state index contributed by atoms with van der Waals surface area (Å²) in [5.74, 6) is 0.146. The maximum atomic E-state index is 12.7. The molecule has 2 aromatic carbocycles. The van der Waals surface area contributed by atoms with Gasteiger partial charge in [-0.15, -0.1) is 0 Å². The van der Waals surface area contributed by atoms with Crippen LogP contribution in [0.25, 0.3) is 10.8 Å². The van der Waals surface area contributed by atoms with E-state index in [1.165, 1.54) is 4.31 Å². The topological polar surface area (TPSA) is 57.6 Å². The van der Waals surface area contributed by atoms with Crippen LogP contribution in [0.1, 0.15) is 13.3 Å². The van der Waals surface area contributed by atoms with Crippen LogP contribution in [0.3, 0.4) is 0 Å². The summed E-state index contributed by atoms with van der Waals surface area (Å²) in [6.45, 7) is 2.59. The molecule has 21 heavy (non-hydrogen) atoms. The minimum absolute atomic E-state index is 0.146. The summed E-state index contributed by atoms with van der Waals surface area (Å²) in [7, 11) is -3.54. The lowest BCUT2D eigenvalue weighted by Crippen LogP contribution is -2.45. The molecule has 1 heterocycles. The fourth-order valence-corrected chi connectivity index (χ4v) is 4.22. The second kappa shape index (κ2) is 5.40. The number of nitrogens with zero attached hydrogens (tertiary/aromatic N) is 1. The molecule has 0 amide bonds. The lowest BCUT2D eigenvalue weighted by molar-refractivity contribution is 0.0605. The van der Waals surface area contributed by atoms with Crippen molar-refractivity contribution in [3.63, 3.8) is 0 Å². The monoisotopic (exact) mass is 305 g/mol. The standard InChI is InChI=1S/C16H19NO3S/c1-12-8-9-17(11-16(12)18)21(19,20)15-7-6-13-4-2-3-5-14(13)10-15/h2-7,10,12,16,18H,8-9,11H2,1H3. The second-order valence-corrected chi connectivity index (χ2v) is 7.64. The van der Waals surface area contributed by atoms with Gasteiger partial charge in [-0.3, -0.25) is 0 Å². The Morgan fingerprint density at radius 2 is 1.86 bits per heavy atom. The van der Waals surface area contributed by atoms with Crippen LogP contribution in [0.2, 0.25) is 0 Å². The number of sulfonamides is 1. The van der Waals surface area contributed by atoms with E-state index in [1.807, 2.05) is 37.3 Å². The van der Waals surface area contributed by atoms with E-state index in [4.69, 9.17) is 0 Å². The van der Waals surface area contributed by atoms with E-state index < -0.39 is 16.1 Å². The predicted octanol–water partition coefficient (Wildman–Crippen LogP) is 2.23. The van der Waals surface area contributed by atoms with Gasteiger partial charge in [0.05, 0.1) is 11.0 Å². The molecule has 0 aliphatic carbocycles. The van der Waals surface area contributed by atoms with Gasteiger partial charge < -0.3 is 5.11 Å². The van der Waals surface area contributed by atoms with E-state index in [2.05, 4.69) is 0 Å². The first-order valence-electron chi connectivity index (χ1n) is 7.15. The highest BCUT2D eigenvalue weighted by Crippen LogP contribution is 2.26. The maximum absolute atomic E-state index is 12.7. The predicted molar refractivity (Wildman–Crippen MR) is 82.5 cm³/mol. The summed E-state index contributed by atoms with van der Waals surface area (Å²) in [4.78, 5) is 0.294. The van der Waals surface area contributed by atoms with Crippen LogP contribution in [-0.2, 0) is 10.0 Å². The number of fused-ring (bicyclic) bond motifs is 1. The number of aliphatic hydroxyl groups is 1. The lowest BCUT2D eigenvalue weighted by Gasteiger charge is -2.33. The number of piperidine rings is 1. The summed E-state index contributed by atoms with van der Waals surface area (Å²) in [5.41, 5.74) is 0. The molecule has 2 aromatic rings. The molecular formula is C16H19NO3S. The highest BCUT2D eigenvalue weighted by Gasteiger charge is 2.32. The van der Waals surface area contributed by atoms with Crippen molar-refractivity contribution in [1.29, 1.82) is 0 Å². The third-order valence-corrected chi connectivity index (χ3v) is 6.10. The Hall–Kier alpha value is -1.43. The van der Waals surface area contributed by atoms with Crippen molar-refractivity contribution in [1.82, 2.24) is 4.31 Å². The van der Waals surface area contributed by atoms with Crippen LogP contribution in [-0.4, -0.2) is 37.0 Å². The Kier molecular flexibility index (Phi) is 3.73. The Labute approximate surface area is 125 Å². The highest BCUT2D eigenvalue weighted by atomic mass is 32.2. The van der Waals surface area contributed by atoms with Crippen molar-refractivity contribution in [2.45, 2.75) is 24.3 Å². The van der Waals surface area contributed by atoms with E-state index in [-0.39, 0.29) is 12.5 Å². The average molecular weight is 305 g/mol. The van der Waals surface area contributed by atoms with Crippen molar-refractivity contribution < 1.29 is 13.5 Å². The Balaban J connectivity index is 1.96. The minimum Gasteiger partial charge on any atom is -0.391 e. The minimum atomic E-state index is -3.54. The smallest absolute Gasteiger partial charge is 0.243 e. The summed E-state index contributed by atoms with van der Waals surface area (Å²) >= 11 is 0. The molecule has 5 heteroatoms. The summed E-state index contributed by atoms with van der Waals surface area (Å²) < 4.78 is 26.8. The van der Waals surface area contributed by atoms with Crippen LogP contribution < -0.4 is 0 Å². The molecule has 0 spiro atoms. The zero-order valence-electron chi connectivity index (χ0n) is 11.9. The molecule has 3 rings (SSSR count). The number of hydrogen-bond acceptors (Lipinski definition) is 3. The maximum Gasteiger partial charge on any atom is 0.243 e. The van der Waals surface area contributed by atoms with Crippen LogP contribution >= 0.6 is 0 Å². The quantitative estimate of drug-likeness (QED) is 0.925. The molecule has 1 N–H and O–H groups in total.